The van der Waals surface area contributed by atoms with Gasteiger partial charge in [-0.2, -0.15) is 4.37 Å². The summed E-state index contributed by atoms with van der Waals surface area (Å²) in [6.07, 6.45) is 4.70. The summed E-state index contributed by atoms with van der Waals surface area (Å²) in [6.45, 7) is 1.17. The van der Waals surface area contributed by atoms with Crippen LogP contribution in [0.5, 0.6) is 0 Å². The SMILES string of the molecule is CC(O)(CNc1nc(C2CCCC2)ns1)C(=O)O. The molecule has 2 rings (SSSR count). The van der Waals surface area contributed by atoms with E-state index >= 15 is 0 Å². The largest absolute Gasteiger partial charge is 0.479 e. The van der Waals surface area contributed by atoms with Crippen LogP contribution in [0.2, 0.25) is 0 Å². The van der Waals surface area contributed by atoms with E-state index in [2.05, 4.69) is 14.7 Å². The minimum atomic E-state index is -1.79. The lowest BCUT2D eigenvalue weighted by Crippen LogP contribution is -2.41. The van der Waals surface area contributed by atoms with Crippen molar-refractivity contribution >= 4 is 22.6 Å². The average Bonchev–Trinajstić information content (AvgIpc) is 2.97. The Labute approximate surface area is 109 Å². The van der Waals surface area contributed by atoms with Crippen LogP contribution in [-0.4, -0.2) is 37.7 Å². The van der Waals surface area contributed by atoms with Crippen molar-refractivity contribution in [1.82, 2.24) is 9.36 Å². The average molecular weight is 271 g/mol. The van der Waals surface area contributed by atoms with Gasteiger partial charge in [-0.25, -0.2) is 9.78 Å². The molecule has 1 fully saturated rings. The van der Waals surface area contributed by atoms with Gasteiger partial charge < -0.3 is 15.5 Å². The highest BCUT2D eigenvalue weighted by atomic mass is 32.1. The monoisotopic (exact) mass is 271 g/mol. The molecule has 1 heterocycles. The van der Waals surface area contributed by atoms with Crippen LogP contribution in [0, 0.1) is 0 Å². The third-order valence-electron chi connectivity index (χ3n) is 3.21. The van der Waals surface area contributed by atoms with Gasteiger partial charge in [0.15, 0.2) is 5.60 Å². The molecule has 0 amide bonds. The first-order valence-corrected chi connectivity index (χ1v) is 6.79. The molecular weight excluding hydrogens is 254 g/mol. The third-order valence-corrected chi connectivity index (χ3v) is 3.89. The molecule has 7 heteroatoms. The Morgan fingerprint density at radius 1 is 1.56 bits per heavy atom. The molecule has 1 aliphatic rings. The molecule has 1 unspecified atom stereocenters. The Bertz CT molecular complexity index is 427. The number of hydrogen-bond donors (Lipinski definition) is 3. The number of carboxylic acids is 1. The van der Waals surface area contributed by atoms with Crippen molar-refractivity contribution in [3.63, 3.8) is 0 Å². The molecule has 18 heavy (non-hydrogen) atoms. The Kier molecular flexibility index (Phi) is 3.82. The normalized spacial score (nSPS) is 19.7. The van der Waals surface area contributed by atoms with Gasteiger partial charge in [0.1, 0.15) is 5.82 Å². The number of rotatable bonds is 5. The first-order chi connectivity index (χ1) is 8.49. The van der Waals surface area contributed by atoms with E-state index in [0.717, 1.165) is 18.7 Å². The Hall–Kier alpha value is -1.21. The fourth-order valence-electron chi connectivity index (χ4n) is 1.98. The van der Waals surface area contributed by atoms with Crippen molar-refractivity contribution in [2.24, 2.45) is 0 Å². The second kappa shape index (κ2) is 5.19. The summed E-state index contributed by atoms with van der Waals surface area (Å²) in [5, 5.41) is 21.7. The topological polar surface area (TPSA) is 95.3 Å². The highest BCUT2D eigenvalue weighted by Gasteiger charge is 2.30. The number of aromatic nitrogens is 2. The standard InChI is InChI=1S/C11H17N3O3S/c1-11(17,9(15)16)6-12-10-13-8(14-18-10)7-4-2-3-5-7/h7,17H,2-6H2,1H3,(H,15,16)(H,12,13,14). The fourth-order valence-corrected chi connectivity index (χ4v) is 2.62. The molecule has 1 saturated carbocycles. The second-order valence-electron chi connectivity index (χ2n) is 4.87. The molecule has 0 spiro atoms. The minimum Gasteiger partial charge on any atom is -0.479 e. The zero-order chi connectivity index (χ0) is 13.2. The number of carbonyl (C=O) groups is 1. The summed E-state index contributed by atoms with van der Waals surface area (Å²) in [5.41, 5.74) is -1.79. The maximum absolute atomic E-state index is 10.7. The molecule has 0 radical (unpaired) electrons. The van der Waals surface area contributed by atoms with E-state index in [0.29, 0.717) is 11.0 Å². The maximum atomic E-state index is 10.7. The van der Waals surface area contributed by atoms with Gasteiger partial charge in [0.2, 0.25) is 5.13 Å². The second-order valence-corrected chi connectivity index (χ2v) is 5.62. The Morgan fingerprint density at radius 3 is 2.83 bits per heavy atom. The van der Waals surface area contributed by atoms with Gasteiger partial charge >= 0.3 is 5.97 Å². The van der Waals surface area contributed by atoms with E-state index < -0.39 is 11.6 Å². The van der Waals surface area contributed by atoms with Gasteiger partial charge in [-0.3, -0.25) is 0 Å². The van der Waals surface area contributed by atoms with Crippen LogP contribution in [0.3, 0.4) is 0 Å². The van der Waals surface area contributed by atoms with Crippen LogP contribution in [0.25, 0.3) is 0 Å². The van der Waals surface area contributed by atoms with Crippen LogP contribution in [0.15, 0.2) is 0 Å². The van der Waals surface area contributed by atoms with Crippen LogP contribution in [0.1, 0.15) is 44.3 Å². The van der Waals surface area contributed by atoms with E-state index in [4.69, 9.17) is 5.11 Å². The van der Waals surface area contributed by atoms with E-state index in [1.807, 2.05) is 0 Å². The smallest absolute Gasteiger partial charge is 0.337 e. The van der Waals surface area contributed by atoms with Gasteiger partial charge in [-0.05, 0) is 19.8 Å². The molecular formula is C11H17N3O3S. The molecule has 0 bridgehead atoms. The molecule has 1 aliphatic carbocycles. The molecule has 3 N–H and O–H groups in total. The van der Waals surface area contributed by atoms with Gasteiger partial charge in [0.05, 0.1) is 6.54 Å². The van der Waals surface area contributed by atoms with Crippen molar-refractivity contribution in [2.45, 2.75) is 44.1 Å². The van der Waals surface area contributed by atoms with Crippen LogP contribution in [0.4, 0.5) is 5.13 Å². The molecule has 1 atom stereocenters. The van der Waals surface area contributed by atoms with Gasteiger partial charge in [-0.15, -0.1) is 0 Å². The summed E-state index contributed by atoms with van der Waals surface area (Å²) in [6, 6.07) is 0. The first kappa shape index (κ1) is 13.2. The predicted molar refractivity (Wildman–Crippen MR) is 67.9 cm³/mol. The van der Waals surface area contributed by atoms with E-state index in [1.54, 1.807) is 0 Å². The predicted octanol–water partition coefficient (Wildman–Crippen LogP) is 1.44. The molecule has 100 valence electrons. The zero-order valence-corrected chi connectivity index (χ0v) is 11.0. The fraction of sp³-hybridized carbons (Fsp3) is 0.727. The summed E-state index contributed by atoms with van der Waals surface area (Å²) < 4.78 is 4.28. The summed E-state index contributed by atoms with van der Waals surface area (Å²) in [7, 11) is 0. The Morgan fingerprint density at radius 2 is 2.22 bits per heavy atom. The van der Waals surface area contributed by atoms with Crippen molar-refractivity contribution in [3.05, 3.63) is 5.82 Å². The quantitative estimate of drug-likeness (QED) is 0.750. The molecule has 6 nitrogen and oxygen atoms in total. The van der Waals surface area contributed by atoms with Crippen molar-refractivity contribution in [2.75, 3.05) is 11.9 Å². The number of nitrogens with zero attached hydrogens (tertiary/aromatic N) is 2. The number of hydrogen-bond acceptors (Lipinski definition) is 6. The zero-order valence-electron chi connectivity index (χ0n) is 10.2. The van der Waals surface area contributed by atoms with Gasteiger partial charge in [0.25, 0.3) is 0 Å². The molecule has 1 aromatic rings. The molecule has 0 aromatic carbocycles. The van der Waals surface area contributed by atoms with E-state index in [-0.39, 0.29) is 6.54 Å². The van der Waals surface area contributed by atoms with E-state index in [9.17, 15) is 9.90 Å². The number of nitrogens with one attached hydrogen (secondary N) is 1. The van der Waals surface area contributed by atoms with E-state index in [1.165, 1.54) is 31.3 Å². The van der Waals surface area contributed by atoms with Crippen molar-refractivity contribution in [3.8, 4) is 0 Å². The number of aliphatic carboxylic acids is 1. The summed E-state index contributed by atoms with van der Waals surface area (Å²) in [4.78, 5) is 15.1. The maximum Gasteiger partial charge on any atom is 0.337 e. The van der Waals surface area contributed by atoms with Crippen LogP contribution in [-0.2, 0) is 4.79 Å². The number of aliphatic hydroxyl groups is 1. The third kappa shape index (κ3) is 2.97. The first-order valence-electron chi connectivity index (χ1n) is 6.02. The van der Waals surface area contributed by atoms with Gasteiger partial charge in [0, 0.05) is 17.5 Å². The molecule has 0 saturated heterocycles. The van der Waals surface area contributed by atoms with Crippen molar-refractivity contribution < 1.29 is 15.0 Å². The van der Waals surface area contributed by atoms with Crippen LogP contribution < -0.4 is 5.32 Å². The van der Waals surface area contributed by atoms with Crippen molar-refractivity contribution in [1.29, 1.82) is 0 Å². The highest BCUT2D eigenvalue weighted by molar-refractivity contribution is 7.09. The van der Waals surface area contributed by atoms with Crippen LogP contribution >= 0.6 is 11.5 Å². The number of anilines is 1. The number of carboxylic acid groups (broad SMARTS) is 1. The lowest BCUT2D eigenvalue weighted by Gasteiger charge is -2.17. The highest BCUT2D eigenvalue weighted by Crippen LogP contribution is 2.33. The minimum absolute atomic E-state index is 0.0817. The lowest BCUT2D eigenvalue weighted by atomic mass is 10.1. The van der Waals surface area contributed by atoms with Gasteiger partial charge in [-0.1, -0.05) is 12.8 Å². The molecule has 1 aromatic heterocycles. The lowest BCUT2D eigenvalue weighted by molar-refractivity contribution is -0.155. The molecule has 0 aliphatic heterocycles. The Balaban J connectivity index is 1.92. The summed E-state index contributed by atoms with van der Waals surface area (Å²) in [5.74, 6) is 0.0299. The summed E-state index contributed by atoms with van der Waals surface area (Å²) >= 11 is 1.21.